The van der Waals surface area contributed by atoms with Crippen molar-refractivity contribution in [3.63, 3.8) is 0 Å². The molecule has 0 aliphatic heterocycles. The molecule has 0 saturated carbocycles. The summed E-state index contributed by atoms with van der Waals surface area (Å²) in [7, 11) is 1.39. The molecule has 2 aromatic heterocycles. The first-order valence-corrected chi connectivity index (χ1v) is 6.81. The highest BCUT2D eigenvalue weighted by Crippen LogP contribution is 2.24. The minimum atomic E-state index is -0.355. The zero-order valence-corrected chi connectivity index (χ0v) is 12.3. The summed E-state index contributed by atoms with van der Waals surface area (Å²) < 4.78 is 12.2. The third-order valence-corrected chi connectivity index (χ3v) is 3.75. The lowest BCUT2D eigenvalue weighted by molar-refractivity contribution is 0.0589. The van der Waals surface area contributed by atoms with Crippen LogP contribution in [-0.4, -0.2) is 17.6 Å². The molecule has 3 rings (SSSR count). The van der Waals surface area contributed by atoms with Gasteiger partial charge in [0.25, 0.3) is 0 Å². The minimum absolute atomic E-state index is 0.355. The maximum Gasteiger partial charge on any atom is 0.354 e. The molecule has 0 fully saturated rings. The van der Waals surface area contributed by atoms with Crippen LogP contribution < -0.4 is 0 Å². The smallest absolute Gasteiger partial charge is 0.354 e. The molecule has 2 heterocycles. The Morgan fingerprint density at radius 2 is 2.05 bits per heavy atom. The first kappa shape index (κ1) is 13.5. The van der Waals surface area contributed by atoms with Gasteiger partial charge in [0.1, 0.15) is 5.69 Å². The topological polar surface area (TPSA) is 44.4 Å². The van der Waals surface area contributed by atoms with Gasteiger partial charge in [-0.2, -0.15) is 0 Å². The molecule has 0 saturated heterocycles. The SMILES string of the molecule is COC(=O)c1cc2occc2n1Cc1cc(C)ccc1C. The second kappa shape index (κ2) is 5.13. The van der Waals surface area contributed by atoms with E-state index in [1.54, 1.807) is 12.3 Å². The molecular formula is C17H17NO3. The first-order valence-electron chi connectivity index (χ1n) is 6.81. The maximum atomic E-state index is 12.0. The van der Waals surface area contributed by atoms with Gasteiger partial charge in [-0.3, -0.25) is 0 Å². The van der Waals surface area contributed by atoms with E-state index < -0.39 is 0 Å². The van der Waals surface area contributed by atoms with Crippen LogP contribution in [0.15, 0.2) is 41.0 Å². The number of nitrogens with zero attached hydrogens (tertiary/aromatic N) is 1. The Labute approximate surface area is 122 Å². The standard InChI is InChI=1S/C17H17NO3/c1-11-4-5-12(2)13(8-11)10-18-14-6-7-21-16(14)9-15(18)17(19)20-3/h4-9H,10H2,1-3H3. The molecule has 4 heteroatoms. The number of aryl methyl sites for hydroxylation is 2. The molecular weight excluding hydrogens is 266 g/mol. The lowest BCUT2D eigenvalue weighted by Gasteiger charge is -2.12. The molecule has 3 aromatic rings. The summed E-state index contributed by atoms with van der Waals surface area (Å²) in [5, 5.41) is 0. The second-order valence-corrected chi connectivity index (χ2v) is 5.21. The first-order chi connectivity index (χ1) is 10.1. The molecule has 108 valence electrons. The number of hydrogen-bond acceptors (Lipinski definition) is 3. The fraction of sp³-hybridized carbons (Fsp3) is 0.235. The fourth-order valence-corrected chi connectivity index (χ4v) is 2.56. The average molecular weight is 283 g/mol. The van der Waals surface area contributed by atoms with E-state index in [1.165, 1.54) is 23.8 Å². The number of fused-ring (bicyclic) bond motifs is 1. The van der Waals surface area contributed by atoms with Gasteiger partial charge >= 0.3 is 5.97 Å². The lowest BCUT2D eigenvalue weighted by Crippen LogP contribution is -2.12. The number of carbonyl (C=O) groups is 1. The zero-order valence-electron chi connectivity index (χ0n) is 12.3. The van der Waals surface area contributed by atoms with Crippen LogP contribution in [0.2, 0.25) is 0 Å². The summed E-state index contributed by atoms with van der Waals surface area (Å²) in [6, 6.07) is 9.92. The van der Waals surface area contributed by atoms with Crippen molar-refractivity contribution in [1.82, 2.24) is 4.57 Å². The minimum Gasteiger partial charge on any atom is -0.464 e. The summed E-state index contributed by atoms with van der Waals surface area (Å²) >= 11 is 0. The highest BCUT2D eigenvalue weighted by atomic mass is 16.5. The number of esters is 1. The fourth-order valence-electron chi connectivity index (χ4n) is 2.56. The Morgan fingerprint density at radius 1 is 1.24 bits per heavy atom. The Balaban J connectivity index is 2.12. The van der Waals surface area contributed by atoms with Crippen molar-refractivity contribution in [2.24, 2.45) is 0 Å². The molecule has 0 radical (unpaired) electrons. The third kappa shape index (κ3) is 2.33. The van der Waals surface area contributed by atoms with Gasteiger partial charge in [-0.05, 0) is 25.0 Å². The Morgan fingerprint density at radius 3 is 2.81 bits per heavy atom. The Hall–Kier alpha value is -2.49. The number of ether oxygens (including phenoxy) is 1. The summed E-state index contributed by atoms with van der Waals surface area (Å²) in [4.78, 5) is 12.0. The number of rotatable bonds is 3. The van der Waals surface area contributed by atoms with E-state index in [-0.39, 0.29) is 5.97 Å². The normalized spacial score (nSPS) is 11.0. The molecule has 0 N–H and O–H groups in total. The number of aromatic nitrogens is 1. The van der Waals surface area contributed by atoms with E-state index in [0.29, 0.717) is 17.8 Å². The highest BCUT2D eigenvalue weighted by Gasteiger charge is 2.18. The van der Waals surface area contributed by atoms with Crippen molar-refractivity contribution >= 4 is 17.1 Å². The predicted molar refractivity (Wildman–Crippen MR) is 80.6 cm³/mol. The second-order valence-electron chi connectivity index (χ2n) is 5.21. The molecule has 0 bridgehead atoms. The molecule has 1 aromatic carbocycles. The van der Waals surface area contributed by atoms with Gasteiger partial charge in [-0.15, -0.1) is 0 Å². The van der Waals surface area contributed by atoms with Gasteiger partial charge in [0.15, 0.2) is 5.58 Å². The summed E-state index contributed by atoms with van der Waals surface area (Å²) in [5.41, 5.74) is 5.68. The van der Waals surface area contributed by atoms with Crippen LogP contribution in [0.4, 0.5) is 0 Å². The summed E-state index contributed by atoms with van der Waals surface area (Å²) in [5.74, 6) is -0.355. The van der Waals surface area contributed by atoms with Crippen LogP contribution in [0, 0.1) is 13.8 Å². The van der Waals surface area contributed by atoms with Crippen molar-refractivity contribution in [3.8, 4) is 0 Å². The molecule has 0 aliphatic rings. The van der Waals surface area contributed by atoms with Gasteiger partial charge in [-0.25, -0.2) is 4.79 Å². The van der Waals surface area contributed by atoms with Crippen LogP contribution in [0.25, 0.3) is 11.1 Å². The molecule has 0 spiro atoms. The Bertz CT molecular complexity index is 811. The van der Waals surface area contributed by atoms with Crippen LogP contribution in [0.3, 0.4) is 0 Å². The quantitative estimate of drug-likeness (QED) is 0.689. The van der Waals surface area contributed by atoms with Crippen molar-refractivity contribution < 1.29 is 13.9 Å². The number of benzene rings is 1. The lowest BCUT2D eigenvalue weighted by atomic mass is 10.1. The van der Waals surface area contributed by atoms with Gasteiger partial charge in [-0.1, -0.05) is 23.8 Å². The van der Waals surface area contributed by atoms with E-state index in [0.717, 1.165) is 5.52 Å². The van der Waals surface area contributed by atoms with E-state index in [9.17, 15) is 4.79 Å². The van der Waals surface area contributed by atoms with Crippen LogP contribution in [0.1, 0.15) is 27.2 Å². The Kier molecular flexibility index (Phi) is 3.29. The van der Waals surface area contributed by atoms with Crippen molar-refractivity contribution in [1.29, 1.82) is 0 Å². The van der Waals surface area contributed by atoms with Crippen LogP contribution >= 0.6 is 0 Å². The van der Waals surface area contributed by atoms with Crippen molar-refractivity contribution in [2.75, 3.05) is 7.11 Å². The maximum absolute atomic E-state index is 12.0. The molecule has 0 unspecified atom stereocenters. The largest absolute Gasteiger partial charge is 0.464 e. The van der Waals surface area contributed by atoms with E-state index >= 15 is 0 Å². The molecule has 0 amide bonds. The number of methoxy groups -OCH3 is 1. The number of carbonyl (C=O) groups excluding carboxylic acids is 1. The zero-order chi connectivity index (χ0) is 15.0. The molecule has 0 aliphatic carbocycles. The number of furan rings is 1. The van der Waals surface area contributed by atoms with Crippen LogP contribution in [-0.2, 0) is 11.3 Å². The monoisotopic (exact) mass is 283 g/mol. The average Bonchev–Trinajstić information content (AvgIpc) is 3.04. The predicted octanol–water partition coefficient (Wildman–Crippen LogP) is 3.69. The molecule has 4 nitrogen and oxygen atoms in total. The molecule has 0 atom stereocenters. The summed E-state index contributed by atoms with van der Waals surface area (Å²) in [6.07, 6.45) is 1.63. The van der Waals surface area contributed by atoms with E-state index in [4.69, 9.17) is 9.15 Å². The molecule has 21 heavy (non-hydrogen) atoms. The van der Waals surface area contributed by atoms with Gasteiger partial charge in [0.2, 0.25) is 0 Å². The van der Waals surface area contributed by atoms with E-state index in [2.05, 4.69) is 32.0 Å². The van der Waals surface area contributed by atoms with Gasteiger partial charge in [0, 0.05) is 18.7 Å². The summed E-state index contributed by atoms with van der Waals surface area (Å²) in [6.45, 7) is 4.75. The van der Waals surface area contributed by atoms with E-state index in [1.807, 2.05) is 10.6 Å². The third-order valence-electron chi connectivity index (χ3n) is 3.75. The van der Waals surface area contributed by atoms with Crippen molar-refractivity contribution in [2.45, 2.75) is 20.4 Å². The van der Waals surface area contributed by atoms with Gasteiger partial charge in [0.05, 0.1) is 18.9 Å². The van der Waals surface area contributed by atoms with Gasteiger partial charge < -0.3 is 13.7 Å². The number of hydrogen-bond donors (Lipinski definition) is 0. The van der Waals surface area contributed by atoms with Crippen LogP contribution in [0.5, 0.6) is 0 Å². The van der Waals surface area contributed by atoms with Crippen molar-refractivity contribution in [3.05, 3.63) is 59.0 Å². The highest BCUT2D eigenvalue weighted by molar-refractivity contribution is 5.94.